The maximum atomic E-state index is 11.7. The second kappa shape index (κ2) is 4.58. The molecule has 0 aromatic heterocycles. The van der Waals surface area contributed by atoms with Gasteiger partial charge in [0.1, 0.15) is 5.54 Å². The average molecular weight is 226 g/mol. The van der Waals surface area contributed by atoms with E-state index in [9.17, 15) is 4.79 Å². The van der Waals surface area contributed by atoms with Gasteiger partial charge in [-0.25, -0.2) is 0 Å². The quantitative estimate of drug-likeness (QED) is 0.487. The minimum atomic E-state index is -0.608. The third-order valence-electron chi connectivity index (χ3n) is 3.13. The topological polar surface area (TPSA) is 55.1 Å². The minimum Gasteiger partial charge on any atom is -0.317 e. The molecule has 1 saturated carbocycles. The van der Waals surface area contributed by atoms with E-state index in [-0.39, 0.29) is 11.8 Å². The van der Waals surface area contributed by atoms with Crippen LogP contribution in [0.4, 0.5) is 0 Å². The molecule has 2 rings (SSSR count). The number of hydrogen-bond acceptors (Lipinski definition) is 3. The molecule has 15 heavy (non-hydrogen) atoms. The van der Waals surface area contributed by atoms with Crippen LogP contribution in [0.3, 0.4) is 0 Å². The summed E-state index contributed by atoms with van der Waals surface area (Å²) in [4.78, 5) is 11.7. The number of rotatable bonds is 0. The van der Waals surface area contributed by atoms with Crippen molar-refractivity contribution in [3.8, 4) is 0 Å². The molecular formula is C11H18N2OS. The molecule has 0 spiro atoms. The Morgan fingerprint density at radius 1 is 1.47 bits per heavy atom. The average Bonchev–Trinajstić information content (AvgIpc) is 2.87. The predicted molar refractivity (Wildman–Crippen MR) is 63.2 cm³/mol. The lowest BCUT2D eigenvalue weighted by Crippen LogP contribution is -2.41. The van der Waals surface area contributed by atoms with Crippen LogP contribution in [0, 0.1) is 5.92 Å². The highest BCUT2D eigenvalue weighted by atomic mass is 32.2. The molecule has 2 aliphatic rings. The second-order valence-electron chi connectivity index (χ2n) is 4.41. The van der Waals surface area contributed by atoms with Crippen molar-refractivity contribution in [1.29, 1.82) is 0 Å². The van der Waals surface area contributed by atoms with E-state index in [4.69, 9.17) is 5.73 Å². The van der Waals surface area contributed by atoms with E-state index < -0.39 is 5.54 Å². The molecule has 1 heterocycles. The number of fused-ring (bicyclic) bond motifs is 1. The zero-order valence-corrected chi connectivity index (χ0v) is 9.69. The molecular weight excluding hydrogens is 208 g/mol. The third-order valence-corrected chi connectivity index (χ3v) is 3.95. The number of allylic oxidation sites excluding steroid dienone is 1. The van der Waals surface area contributed by atoms with Gasteiger partial charge < -0.3 is 5.73 Å². The molecule has 1 amide bonds. The molecule has 0 bridgehead atoms. The highest BCUT2D eigenvalue weighted by molar-refractivity contribution is 7.97. The van der Waals surface area contributed by atoms with Gasteiger partial charge in [0.25, 0.3) is 5.91 Å². The number of carbonyl (C=O) groups is 1. The summed E-state index contributed by atoms with van der Waals surface area (Å²) in [5, 5.41) is 0. The predicted octanol–water partition coefficient (Wildman–Crippen LogP) is 1.60. The van der Waals surface area contributed by atoms with Crippen molar-refractivity contribution in [1.82, 2.24) is 4.72 Å². The first-order chi connectivity index (χ1) is 7.23. The van der Waals surface area contributed by atoms with Crippen molar-refractivity contribution in [3.63, 3.8) is 0 Å². The number of nitrogens with one attached hydrogen (secondary N) is 1. The van der Waals surface area contributed by atoms with Gasteiger partial charge >= 0.3 is 0 Å². The molecule has 3 N–H and O–H groups in total. The summed E-state index contributed by atoms with van der Waals surface area (Å²) in [5.74, 6) is 1.26. The van der Waals surface area contributed by atoms with E-state index in [2.05, 4.69) is 16.9 Å². The van der Waals surface area contributed by atoms with E-state index in [0.717, 1.165) is 18.6 Å². The molecule has 0 aromatic carbocycles. The van der Waals surface area contributed by atoms with Gasteiger partial charge in [0.05, 0.1) is 0 Å². The number of hydrogen-bond donors (Lipinski definition) is 2. The van der Waals surface area contributed by atoms with Gasteiger partial charge in [-0.1, -0.05) is 30.5 Å². The zero-order valence-electron chi connectivity index (χ0n) is 8.87. The van der Waals surface area contributed by atoms with E-state index in [1.54, 1.807) is 0 Å². The second-order valence-corrected chi connectivity index (χ2v) is 5.31. The van der Waals surface area contributed by atoms with E-state index >= 15 is 0 Å². The van der Waals surface area contributed by atoms with Crippen LogP contribution in [0.2, 0.25) is 0 Å². The number of nitrogens with two attached hydrogens (primary N) is 1. The first kappa shape index (κ1) is 11.0. The smallest absolute Gasteiger partial charge is 0.250 e. The Morgan fingerprint density at radius 3 is 3.20 bits per heavy atom. The van der Waals surface area contributed by atoms with E-state index in [0.29, 0.717) is 0 Å². The number of carbonyl (C=O) groups excluding carboxylic acids is 1. The zero-order chi connectivity index (χ0) is 10.7. The summed E-state index contributed by atoms with van der Waals surface area (Å²) in [6.07, 6.45) is 9.88. The molecule has 3 nitrogen and oxygen atoms in total. The SMILES string of the molecule is NC12CC1C=CCCCCCSNC2=O. The van der Waals surface area contributed by atoms with Crippen LogP contribution < -0.4 is 10.5 Å². The minimum absolute atomic E-state index is 0.00252. The Morgan fingerprint density at radius 2 is 2.33 bits per heavy atom. The van der Waals surface area contributed by atoms with Crippen LogP contribution in [0.25, 0.3) is 0 Å². The summed E-state index contributed by atoms with van der Waals surface area (Å²) >= 11 is 1.50. The van der Waals surface area contributed by atoms with Gasteiger partial charge in [-0.2, -0.15) is 0 Å². The third kappa shape index (κ3) is 2.55. The van der Waals surface area contributed by atoms with Gasteiger partial charge in [-0.15, -0.1) is 0 Å². The van der Waals surface area contributed by atoms with E-state index in [1.165, 1.54) is 31.2 Å². The Labute approximate surface area is 95.0 Å². The van der Waals surface area contributed by atoms with Crippen LogP contribution >= 0.6 is 11.9 Å². The molecule has 1 aliphatic carbocycles. The van der Waals surface area contributed by atoms with Crippen LogP contribution in [-0.4, -0.2) is 17.2 Å². The molecule has 0 aromatic rings. The summed E-state index contributed by atoms with van der Waals surface area (Å²) in [6.45, 7) is 0. The molecule has 2 atom stereocenters. The van der Waals surface area contributed by atoms with Crippen molar-refractivity contribution in [2.75, 3.05) is 5.75 Å². The molecule has 2 unspecified atom stereocenters. The summed E-state index contributed by atoms with van der Waals surface area (Å²) in [7, 11) is 0. The summed E-state index contributed by atoms with van der Waals surface area (Å²) in [6, 6.07) is 0. The van der Waals surface area contributed by atoms with Crippen LogP contribution in [0.15, 0.2) is 12.2 Å². The van der Waals surface area contributed by atoms with Gasteiger partial charge in [-0.3, -0.25) is 9.52 Å². The Kier molecular flexibility index (Phi) is 3.36. The lowest BCUT2D eigenvalue weighted by molar-refractivity contribution is -0.121. The number of amides is 1. The largest absolute Gasteiger partial charge is 0.317 e. The molecule has 4 heteroatoms. The first-order valence-electron chi connectivity index (χ1n) is 5.61. The fourth-order valence-corrected chi connectivity index (χ4v) is 2.66. The maximum Gasteiger partial charge on any atom is 0.250 e. The first-order valence-corrected chi connectivity index (χ1v) is 6.60. The molecule has 1 fully saturated rings. The van der Waals surface area contributed by atoms with Gasteiger partial charge in [0.15, 0.2) is 0 Å². The van der Waals surface area contributed by atoms with Crippen LogP contribution in [0.1, 0.15) is 32.1 Å². The van der Waals surface area contributed by atoms with Crippen molar-refractivity contribution in [2.45, 2.75) is 37.6 Å². The van der Waals surface area contributed by atoms with Crippen molar-refractivity contribution >= 4 is 17.9 Å². The van der Waals surface area contributed by atoms with Crippen molar-refractivity contribution < 1.29 is 4.79 Å². The summed E-state index contributed by atoms with van der Waals surface area (Å²) in [5.41, 5.74) is 5.39. The Hall–Kier alpha value is -0.480. The molecule has 0 radical (unpaired) electrons. The molecule has 1 aliphatic heterocycles. The van der Waals surface area contributed by atoms with Crippen LogP contribution in [0.5, 0.6) is 0 Å². The molecule has 0 saturated heterocycles. The van der Waals surface area contributed by atoms with Gasteiger partial charge in [-0.05, 0) is 25.7 Å². The van der Waals surface area contributed by atoms with Crippen LogP contribution in [-0.2, 0) is 4.79 Å². The maximum absolute atomic E-state index is 11.7. The molecule has 84 valence electrons. The highest BCUT2D eigenvalue weighted by Gasteiger charge is 2.55. The normalized spacial score (nSPS) is 37.1. The lowest BCUT2D eigenvalue weighted by atomic mass is 10.1. The highest BCUT2D eigenvalue weighted by Crippen LogP contribution is 2.42. The Bertz CT molecular complexity index is 280. The monoisotopic (exact) mass is 226 g/mol. The standard InChI is InChI=1S/C11H18N2OS/c12-11-8-9(11)6-4-2-1-3-5-7-15-13-10(11)14/h4,6,9H,1-3,5,7-8,12H2,(H,13,14). The fourth-order valence-electron chi connectivity index (χ4n) is 1.89. The van der Waals surface area contributed by atoms with Gasteiger partial charge in [0.2, 0.25) is 0 Å². The van der Waals surface area contributed by atoms with Crippen molar-refractivity contribution in [2.24, 2.45) is 11.7 Å². The lowest BCUT2D eigenvalue weighted by Gasteiger charge is -2.11. The Balaban J connectivity index is 1.95. The van der Waals surface area contributed by atoms with Gasteiger partial charge in [0, 0.05) is 11.7 Å². The van der Waals surface area contributed by atoms with E-state index in [1.807, 2.05) is 0 Å². The summed E-state index contributed by atoms with van der Waals surface area (Å²) < 4.78 is 2.85. The fraction of sp³-hybridized carbons (Fsp3) is 0.727. The van der Waals surface area contributed by atoms with Crippen molar-refractivity contribution in [3.05, 3.63) is 12.2 Å².